The molecular weight excluding hydrogens is 352 g/mol. The molecule has 2 rings (SSSR count). The van der Waals surface area contributed by atoms with Gasteiger partial charge in [0.15, 0.2) is 0 Å². The molecule has 0 aliphatic rings. The van der Waals surface area contributed by atoms with Gasteiger partial charge in [-0.05, 0) is 30.5 Å². The highest BCUT2D eigenvalue weighted by atomic mass is 16.5. The first-order valence-electron chi connectivity index (χ1n) is 9.95. The summed E-state index contributed by atoms with van der Waals surface area (Å²) >= 11 is 0. The molecule has 2 amide bonds. The molecule has 150 valence electrons. The number of nitrogens with zero attached hydrogens (tertiary/aromatic N) is 1. The number of primary amides is 1. The van der Waals surface area contributed by atoms with E-state index in [1.54, 1.807) is 11.0 Å². The minimum Gasteiger partial charge on any atom is -0.493 e. The highest BCUT2D eigenvalue weighted by Crippen LogP contribution is 2.21. The van der Waals surface area contributed by atoms with Gasteiger partial charge in [-0.1, -0.05) is 62.2 Å². The normalized spacial score (nSPS) is 10.5. The van der Waals surface area contributed by atoms with Crippen molar-refractivity contribution in [2.75, 3.05) is 19.7 Å². The smallest absolute Gasteiger partial charge is 0.257 e. The van der Waals surface area contributed by atoms with Crippen LogP contribution in [-0.2, 0) is 11.2 Å². The quantitative estimate of drug-likeness (QED) is 0.567. The van der Waals surface area contributed by atoms with Crippen LogP contribution in [0.2, 0.25) is 0 Å². The summed E-state index contributed by atoms with van der Waals surface area (Å²) in [5.41, 5.74) is 6.98. The van der Waals surface area contributed by atoms with Crippen LogP contribution in [0.5, 0.6) is 5.75 Å². The van der Waals surface area contributed by atoms with E-state index in [2.05, 4.69) is 6.92 Å². The van der Waals surface area contributed by atoms with Crippen LogP contribution in [0.3, 0.4) is 0 Å². The third kappa shape index (κ3) is 7.06. The fourth-order valence-electron chi connectivity index (χ4n) is 2.94. The molecule has 0 saturated carbocycles. The number of ether oxygens (including phenoxy) is 1. The molecule has 2 aromatic carbocycles. The van der Waals surface area contributed by atoms with Crippen molar-refractivity contribution in [1.82, 2.24) is 4.90 Å². The first-order valence-corrected chi connectivity index (χ1v) is 9.95. The third-order valence-corrected chi connectivity index (χ3v) is 4.55. The Balaban J connectivity index is 2.10. The highest BCUT2D eigenvalue weighted by Gasteiger charge is 2.20. The van der Waals surface area contributed by atoms with Crippen LogP contribution in [-0.4, -0.2) is 36.4 Å². The lowest BCUT2D eigenvalue weighted by Gasteiger charge is -2.23. The van der Waals surface area contributed by atoms with Crippen LogP contribution in [0.4, 0.5) is 0 Å². The second-order valence-electron chi connectivity index (χ2n) is 6.80. The fraction of sp³-hybridized carbons (Fsp3) is 0.391. The van der Waals surface area contributed by atoms with Crippen molar-refractivity contribution in [3.05, 3.63) is 65.7 Å². The van der Waals surface area contributed by atoms with E-state index in [4.69, 9.17) is 10.5 Å². The van der Waals surface area contributed by atoms with Crippen molar-refractivity contribution in [1.29, 1.82) is 0 Å². The van der Waals surface area contributed by atoms with E-state index < -0.39 is 5.91 Å². The van der Waals surface area contributed by atoms with Crippen molar-refractivity contribution >= 4 is 11.8 Å². The average Bonchev–Trinajstić information content (AvgIpc) is 2.72. The number of benzene rings is 2. The molecule has 0 aromatic heterocycles. The Morgan fingerprint density at radius 1 is 0.964 bits per heavy atom. The molecule has 0 aliphatic heterocycles. The number of carbonyl (C=O) groups excluding carboxylic acids is 2. The van der Waals surface area contributed by atoms with Crippen LogP contribution >= 0.6 is 0 Å². The van der Waals surface area contributed by atoms with Crippen molar-refractivity contribution in [2.45, 2.75) is 39.0 Å². The Morgan fingerprint density at radius 3 is 2.39 bits per heavy atom. The second kappa shape index (κ2) is 11.8. The molecule has 0 spiro atoms. The highest BCUT2D eigenvalue weighted by molar-refractivity contribution is 5.97. The molecule has 0 heterocycles. The first-order chi connectivity index (χ1) is 13.6. The predicted molar refractivity (Wildman–Crippen MR) is 111 cm³/mol. The van der Waals surface area contributed by atoms with E-state index in [-0.39, 0.29) is 12.3 Å². The first kappa shape index (κ1) is 21.5. The van der Waals surface area contributed by atoms with E-state index >= 15 is 0 Å². The maximum Gasteiger partial charge on any atom is 0.257 e. The fourth-order valence-corrected chi connectivity index (χ4v) is 2.94. The number of nitrogens with two attached hydrogens (primary N) is 1. The summed E-state index contributed by atoms with van der Waals surface area (Å²) in [5.74, 6) is 0.0391. The summed E-state index contributed by atoms with van der Waals surface area (Å²) in [4.78, 5) is 26.1. The van der Waals surface area contributed by atoms with Crippen molar-refractivity contribution in [3.8, 4) is 5.75 Å². The number of rotatable bonds is 12. The summed E-state index contributed by atoms with van der Waals surface area (Å²) in [6.07, 6.45) is 4.02. The lowest BCUT2D eigenvalue weighted by atomic mass is 10.1. The van der Waals surface area contributed by atoms with Gasteiger partial charge in [0.05, 0.1) is 12.2 Å². The van der Waals surface area contributed by atoms with Crippen LogP contribution in [0.15, 0.2) is 54.6 Å². The number of unbranched alkanes of at least 4 members (excludes halogenated alkanes) is 2. The minimum absolute atomic E-state index is 0.136. The number of amides is 2. The van der Waals surface area contributed by atoms with E-state index in [0.29, 0.717) is 37.4 Å². The van der Waals surface area contributed by atoms with Crippen LogP contribution < -0.4 is 10.5 Å². The van der Waals surface area contributed by atoms with E-state index in [0.717, 1.165) is 24.8 Å². The molecule has 2 aromatic rings. The zero-order chi connectivity index (χ0) is 20.2. The predicted octanol–water partition coefficient (Wildman–Crippen LogP) is 3.82. The van der Waals surface area contributed by atoms with Gasteiger partial charge < -0.3 is 15.4 Å². The monoisotopic (exact) mass is 382 g/mol. The number of hydrogen-bond acceptors (Lipinski definition) is 3. The molecule has 0 fully saturated rings. The molecule has 5 nitrogen and oxygen atoms in total. The Labute approximate surface area is 167 Å². The molecular formula is C23H30N2O3. The summed E-state index contributed by atoms with van der Waals surface area (Å²) in [6, 6.07) is 17.3. The standard InChI is InChI=1S/C23H30N2O3/c1-2-3-9-18-28-21-13-8-7-12-20(21)23(27)25(17-15-22(24)26)16-14-19-10-5-4-6-11-19/h4-8,10-13H,2-3,9,14-18H2,1H3,(H2,24,26). The summed E-state index contributed by atoms with van der Waals surface area (Å²) in [5, 5.41) is 0. The van der Waals surface area contributed by atoms with Gasteiger partial charge in [0.25, 0.3) is 5.91 Å². The van der Waals surface area contributed by atoms with Gasteiger partial charge in [0, 0.05) is 19.5 Å². The van der Waals surface area contributed by atoms with Gasteiger partial charge in [-0.3, -0.25) is 9.59 Å². The van der Waals surface area contributed by atoms with Crippen molar-refractivity contribution in [3.63, 3.8) is 0 Å². The average molecular weight is 383 g/mol. The van der Waals surface area contributed by atoms with Gasteiger partial charge in [0.2, 0.25) is 5.91 Å². The molecule has 0 radical (unpaired) electrons. The van der Waals surface area contributed by atoms with Gasteiger partial charge in [-0.25, -0.2) is 0 Å². The van der Waals surface area contributed by atoms with E-state index in [1.165, 1.54) is 0 Å². The van der Waals surface area contributed by atoms with Crippen LogP contribution in [0, 0.1) is 0 Å². The van der Waals surface area contributed by atoms with E-state index in [1.807, 2.05) is 48.5 Å². The summed E-state index contributed by atoms with van der Waals surface area (Å²) < 4.78 is 5.86. The maximum absolute atomic E-state index is 13.2. The molecule has 28 heavy (non-hydrogen) atoms. The number of carbonyl (C=O) groups is 2. The Bertz CT molecular complexity index is 747. The van der Waals surface area contributed by atoms with Crippen molar-refractivity contribution in [2.24, 2.45) is 5.73 Å². The zero-order valence-electron chi connectivity index (χ0n) is 16.6. The molecule has 0 bridgehead atoms. The number of para-hydroxylation sites is 1. The lowest BCUT2D eigenvalue weighted by Crippen LogP contribution is -2.36. The summed E-state index contributed by atoms with van der Waals surface area (Å²) in [6.45, 7) is 3.54. The molecule has 0 saturated heterocycles. The van der Waals surface area contributed by atoms with Gasteiger partial charge >= 0.3 is 0 Å². The Kier molecular flexibility index (Phi) is 9.05. The second-order valence-corrected chi connectivity index (χ2v) is 6.80. The zero-order valence-corrected chi connectivity index (χ0v) is 16.6. The van der Waals surface area contributed by atoms with Crippen molar-refractivity contribution < 1.29 is 14.3 Å². The molecule has 2 N–H and O–H groups in total. The summed E-state index contributed by atoms with van der Waals surface area (Å²) in [7, 11) is 0. The Hall–Kier alpha value is -2.82. The van der Waals surface area contributed by atoms with Crippen LogP contribution in [0.25, 0.3) is 0 Å². The maximum atomic E-state index is 13.2. The molecule has 0 unspecified atom stereocenters. The lowest BCUT2D eigenvalue weighted by molar-refractivity contribution is -0.118. The van der Waals surface area contributed by atoms with Gasteiger partial charge in [-0.15, -0.1) is 0 Å². The van der Waals surface area contributed by atoms with E-state index in [9.17, 15) is 9.59 Å². The SMILES string of the molecule is CCCCCOc1ccccc1C(=O)N(CCC(N)=O)CCc1ccccc1. The van der Waals surface area contributed by atoms with Gasteiger partial charge in [0.1, 0.15) is 5.75 Å². The third-order valence-electron chi connectivity index (χ3n) is 4.55. The largest absolute Gasteiger partial charge is 0.493 e. The number of hydrogen-bond donors (Lipinski definition) is 1. The van der Waals surface area contributed by atoms with Gasteiger partial charge in [-0.2, -0.15) is 0 Å². The minimum atomic E-state index is -0.415. The molecule has 5 heteroatoms. The Morgan fingerprint density at radius 2 is 1.68 bits per heavy atom. The van der Waals surface area contributed by atoms with Crippen LogP contribution in [0.1, 0.15) is 48.5 Å². The molecule has 0 atom stereocenters. The molecule has 0 aliphatic carbocycles. The topological polar surface area (TPSA) is 72.6 Å².